The highest BCUT2D eigenvalue weighted by Crippen LogP contribution is 2.23. The predicted molar refractivity (Wildman–Crippen MR) is 201 cm³/mol. The molecule has 0 bridgehead atoms. The normalized spacial score (nSPS) is 23.4. The first-order valence-corrected chi connectivity index (χ1v) is 20.6. The number of rotatable bonds is 33. The van der Waals surface area contributed by atoms with Crippen LogP contribution in [0.15, 0.2) is 12.2 Å². The van der Waals surface area contributed by atoms with Crippen LogP contribution in [0.5, 0.6) is 0 Å². The molecule has 8 N–H and O–H groups in total. The molecule has 0 saturated carbocycles. The zero-order valence-corrected chi connectivity index (χ0v) is 32.1. The molecule has 11 nitrogen and oxygen atoms in total. The number of carbonyl (C=O) groups is 1. The van der Waals surface area contributed by atoms with Crippen LogP contribution in [0.2, 0.25) is 0 Å². The van der Waals surface area contributed by atoms with E-state index in [1.54, 1.807) is 6.08 Å². The van der Waals surface area contributed by atoms with Crippen molar-refractivity contribution in [2.24, 2.45) is 0 Å². The molecule has 9 atom stereocenters. The van der Waals surface area contributed by atoms with Crippen molar-refractivity contribution in [3.63, 3.8) is 0 Å². The minimum absolute atomic E-state index is 0.131. The number of allylic oxidation sites excluding steroid dienone is 1. The van der Waals surface area contributed by atoms with Crippen molar-refractivity contribution >= 4 is 5.91 Å². The van der Waals surface area contributed by atoms with Crippen molar-refractivity contribution in [2.75, 3.05) is 13.2 Å². The molecule has 1 aliphatic heterocycles. The number of carbonyl (C=O) groups excluding carboxylic acids is 1. The van der Waals surface area contributed by atoms with E-state index in [0.29, 0.717) is 6.42 Å². The number of amides is 1. The van der Waals surface area contributed by atoms with E-state index >= 15 is 0 Å². The summed E-state index contributed by atoms with van der Waals surface area (Å²) in [5.74, 6) is -0.715. The molecule has 1 amide bonds. The largest absolute Gasteiger partial charge is 0.394 e. The Labute approximate surface area is 309 Å². The van der Waals surface area contributed by atoms with E-state index in [1.807, 2.05) is 6.08 Å². The van der Waals surface area contributed by atoms with Crippen LogP contribution in [0, 0.1) is 0 Å². The van der Waals surface area contributed by atoms with Gasteiger partial charge in [-0.1, -0.05) is 154 Å². The molecule has 11 heteroatoms. The number of hydrogen-bond acceptors (Lipinski definition) is 10. The summed E-state index contributed by atoms with van der Waals surface area (Å²) in [7, 11) is 0. The Bertz CT molecular complexity index is 846. The van der Waals surface area contributed by atoms with Gasteiger partial charge >= 0.3 is 0 Å². The molecular formula is C40H77NO10. The summed E-state index contributed by atoms with van der Waals surface area (Å²) in [4.78, 5) is 13.0. The van der Waals surface area contributed by atoms with Gasteiger partial charge in [-0.15, -0.1) is 0 Å². The zero-order valence-electron chi connectivity index (χ0n) is 32.1. The molecule has 1 aliphatic rings. The van der Waals surface area contributed by atoms with Crippen LogP contribution in [-0.2, 0) is 14.3 Å². The molecule has 1 saturated heterocycles. The van der Waals surface area contributed by atoms with Gasteiger partial charge < -0.3 is 50.5 Å². The maximum Gasteiger partial charge on any atom is 0.249 e. The van der Waals surface area contributed by atoms with Gasteiger partial charge in [0.05, 0.1) is 25.4 Å². The predicted octanol–water partition coefficient (Wildman–Crippen LogP) is 5.33. The second-order valence-electron chi connectivity index (χ2n) is 14.7. The lowest BCUT2D eigenvalue weighted by Gasteiger charge is -2.40. The van der Waals surface area contributed by atoms with Gasteiger partial charge in [-0.25, -0.2) is 0 Å². The van der Waals surface area contributed by atoms with Gasteiger partial charge in [0.25, 0.3) is 0 Å². The van der Waals surface area contributed by atoms with Crippen molar-refractivity contribution in [3.05, 3.63) is 12.2 Å². The fourth-order valence-electron chi connectivity index (χ4n) is 6.55. The van der Waals surface area contributed by atoms with Gasteiger partial charge in [-0.3, -0.25) is 4.79 Å². The number of aliphatic hydroxyl groups is 7. The summed E-state index contributed by atoms with van der Waals surface area (Å²) >= 11 is 0. The van der Waals surface area contributed by atoms with E-state index in [-0.39, 0.29) is 12.8 Å². The summed E-state index contributed by atoms with van der Waals surface area (Å²) in [5, 5.41) is 75.2. The molecule has 0 aromatic heterocycles. The van der Waals surface area contributed by atoms with Gasteiger partial charge in [0, 0.05) is 0 Å². The Balaban J connectivity index is 2.57. The molecule has 0 aromatic rings. The molecule has 0 unspecified atom stereocenters. The van der Waals surface area contributed by atoms with Gasteiger partial charge in [0.2, 0.25) is 5.91 Å². The van der Waals surface area contributed by atoms with Gasteiger partial charge in [-0.05, 0) is 25.7 Å². The van der Waals surface area contributed by atoms with Crippen molar-refractivity contribution in [1.29, 1.82) is 0 Å². The maximum atomic E-state index is 13.0. The Hall–Kier alpha value is -1.15. The Morgan fingerprint density at radius 2 is 1.18 bits per heavy atom. The molecule has 0 aromatic carbocycles. The summed E-state index contributed by atoms with van der Waals surface area (Å²) in [6.07, 6.45) is 18.5. The van der Waals surface area contributed by atoms with Gasteiger partial charge in [-0.2, -0.15) is 0 Å². The minimum atomic E-state index is -1.67. The van der Waals surface area contributed by atoms with Crippen LogP contribution in [0.4, 0.5) is 0 Å². The SMILES string of the molecule is CCCCCCCCCCC/C=C/C[C@@H](O)[C@@H](O)[C@H](CO[C@@H]1O[C@H](CO)[C@@H](O)[C@H](O)[C@H]1O)NC(=O)[C@H](O)CCCCCCCCCCCCCC. The first-order valence-electron chi connectivity index (χ1n) is 20.6. The monoisotopic (exact) mass is 732 g/mol. The first-order chi connectivity index (χ1) is 24.7. The molecule has 51 heavy (non-hydrogen) atoms. The van der Waals surface area contributed by atoms with E-state index in [1.165, 1.54) is 96.3 Å². The van der Waals surface area contributed by atoms with Gasteiger partial charge in [0.15, 0.2) is 6.29 Å². The standard InChI is InChI=1S/C40H77NO10/c1-3-5-7-9-11-13-15-17-19-21-23-25-27-32(43)35(45)31(30-50-40-38(48)37(47)36(46)34(29-42)51-40)41-39(49)33(44)28-26-24-22-20-18-16-14-12-10-8-6-4-2/h23,25,31-38,40,42-48H,3-22,24,26-30H2,1-2H3,(H,41,49)/b25-23+/t31-,32+,33+,34+,35-,36+,37-,38+,40+/m0/s1. The third-order valence-electron chi connectivity index (χ3n) is 10.1. The summed E-state index contributed by atoms with van der Waals surface area (Å²) in [5.41, 5.74) is 0. The third-order valence-corrected chi connectivity index (χ3v) is 10.1. The maximum absolute atomic E-state index is 13.0. The fraction of sp³-hybridized carbons (Fsp3) is 0.925. The summed E-state index contributed by atoms with van der Waals surface area (Å²) < 4.78 is 11.0. The second kappa shape index (κ2) is 31.2. The van der Waals surface area contributed by atoms with E-state index in [2.05, 4.69) is 19.2 Å². The lowest BCUT2D eigenvalue weighted by atomic mass is 9.99. The molecule has 1 heterocycles. The number of nitrogens with one attached hydrogen (secondary N) is 1. The molecule has 0 radical (unpaired) electrons. The highest BCUT2D eigenvalue weighted by molar-refractivity contribution is 5.80. The van der Waals surface area contributed by atoms with Crippen LogP contribution < -0.4 is 5.32 Å². The van der Waals surface area contributed by atoms with Crippen molar-refractivity contribution in [2.45, 2.75) is 223 Å². The lowest BCUT2D eigenvalue weighted by molar-refractivity contribution is -0.303. The molecule has 1 rings (SSSR count). The van der Waals surface area contributed by atoms with Crippen molar-refractivity contribution in [3.8, 4) is 0 Å². The minimum Gasteiger partial charge on any atom is -0.394 e. The first kappa shape index (κ1) is 47.9. The summed E-state index contributed by atoms with van der Waals surface area (Å²) in [6.45, 7) is 3.37. The number of ether oxygens (including phenoxy) is 2. The van der Waals surface area contributed by atoms with Crippen molar-refractivity contribution < 1.29 is 50.0 Å². The number of unbranched alkanes of at least 4 members (excludes halogenated alkanes) is 20. The van der Waals surface area contributed by atoms with E-state index in [4.69, 9.17) is 9.47 Å². The van der Waals surface area contributed by atoms with Gasteiger partial charge in [0.1, 0.15) is 36.6 Å². The summed E-state index contributed by atoms with van der Waals surface area (Å²) in [6, 6.07) is -1.19. The number of aliphatic hydroxyl groups excluding tert-OH is 7. The second-order valence-corrected chi connectivity index (χ2v) is 14.7. The Morgan fingerprint density at radius 3 is 1.69 bits per heavy atom. The number of hydrogen-bond donors (Lipinski definition) is 8. The fourth-order valence-corrected chi connectivity index (χ4v) is 6.55. The molecular weight excluding hydrogens is 654 g/mol. The quantitative estimate of drug-likeness (QED) is 0.0324. The van der Waals surface area contributed by atoms with Crippen LogP contribution in [0.25, 0.3) is 0 Å². The molecule has 302 valence electrons. The van der Waals surface area contributed by atoms with Crippen LogP contribution >= 0.6 is 0 Å². The lowest BCUT2D eigenvalue weighted by Crippen LogP contribution is -2.60. The van der Waals surface area contributed by atoms with E-state index in [0.717, 1.165) is 38.5 Å². The van der Waals surface area contributed by atoms with Crippen LogP contribution in [0.3, 0.4) is 0 Å². The van der Waals surface area contributed by atoms with Crippen LogP contribution in [-0.4, -0.2) is 110 Å². The van der Waals surface area contributed by atoms with E-state index < -0.39 is 74.2 Å². The average molecular weight is 732 g/mol. The zero-order chi connectivity index (χ0) is 37.7. The van der Waals surface area contributed by atoms with Crippen LogP contribution in [0.1, 0.15) is 168 Å². The smallest absolute Gasteiger partial charge is 0.249 e. The van der Waals surface area contributed by atoms with Crippen molar-refractivity contribution in [1.82, 2.24) is 5.32 Å². The Morgan fingerprint density at radius 1 is 0.686 bits per heavy atom. The highest BCUT2D eigenvalue weighted by Gasteiger charge is 2.44. The molecule has 0 spiro atoms. The van der Waals surface area contributed by atoms with E-state index in [9.17, 15) is 40.5 Å². The third kappa shape index (κ3) is 22.0. The topological polar surface area (TPSA) is 189 Å². The Kier molecular flexibility index (Phi) is 29.3. The average Bonchev–Trinajstić information content (AvgIpc) is 3.13. The molecule has 0 aliphatic carbocycles. The molecule has 1 fully saturated rings. The highest BCUT2D eigenvalue weighted by atomic mass is 16.7.